The minimum absolute atomic E-state index is 0.0275. The van der Waals surface area contributed by atoms with Gasteiger partial charge >= 0.3 is 0 Å². The Labute approximate surface area is 197 Å². The van der Waals surface area contributed by atoms with E-state index in [4.69, 9.17) is 14.6 Å². The van der Waals surface area contributed by atoms with Gasteiger partial charge in [-0.1, -0.05) is 36.4 Å². The molecule has 0 radical (unpaired) electrons. The molecule has 0 saturated carbocycles. The lowest BCUT2D eigenvalue weighted by atomic mass is 10.1. The maximum absolute atomic E-state index is 12.6. The fraction of sp³-hybridized carbons (Fsp3) is 0.154. The summed E-state index contributed by atoms with van der Waals surface area (Å²) in [7, 11) is 1.61. The molecule has 0 aliphatic rings. The van der Waals surface area contributed by atoms with Gasteiger partial charge in [-0.05, 0) is 53.6 Å². The summed E-state index contributed by atoms with van der Waals surface area (Å²) < 4.78 is 11.0. The van der Waals surface area contributed by atoms with E-state index in [1.165, 1.54) is 18.2 Å². The topological polar surface area (TPSA) is 117 Å². The summed E-state index contributed by atoms with van der Waals surface area (Å²) in [6.45, 7) is 0.142. The number of ether oxygens (including phenoxy) is 2. The molecule has 0 fully saturated rings. The highest BCUT2D eigenvalue weighted by Crippen LogP contribution is 2.19. The van der Waals surface area contributed by atoms with Crippen molar-refractivity contribution in [1.29, 1.82) is 0 Å². The number of aromatic hydroxyl groups is 1. The summed E-state index contributed by atoms with van der Waals surface area (Å²) in [5, 5.41) is 24.0. The van der Waals surface area contributed by atoms with Crippen LogP contribution in [0, 0.1) is 0 Å². The maximum atomic E-state index is 12.6. The number of nitrogens with one attached hydrogen (secondary N) is 2. The summed E-state index contributed by atoms with van der Waals surface area (Å²) in [6.07, 6.45) is 1.50. The van der Waals surface area contributed by atoms with Gasteiger partial charge in [0.25, 0.3) is 11.8 Å². The standard InChI is InChI=1S/C26H26N2O6/c1-33-21-6-4-5-19(15-21)17-34-20-11-9-18(10-12-20)16-23(26(32)27-13-14-29)28-25(31)22-7-2-3-8-24(22)30/h2-12,15-16,29-30H,13-14,17H2,1H3,(H,27,32)(H,28,31). The third-order valence-corrected chi connectivity index (χ3v) is 4.77. The number of carbonyl (C=O) groups excluding carboxylic acids is 2. The molecule has 0 unspecified atom stereocenters. The molecule has 3 aromatic rings. The van der Waals surface area contributed by atoms with Crippen LogP contribution in [0.2, 0.25) is 0 Å². The summed E-state index contributed by atoms with van der Waals surface area (Å²) in [4.78, 5) is 25.1. The number of rotatable bonds is 10. The van der Waals surface area contributed by atoms with E-state index < -0.39 is 11.8 Å². The molecule has 0 aliphatic carbocycles. The van der Waals surface area contributed by atoms with Crippen LogP contribution in [0.1, 0.15) is 21.5 Å². The molecule has 0 atom stereocenters. The highest BCUT2D eigenvalue weighted by Gasteiger charge is 2.16. The van der Waals surface area contributed by atoms with Crippen LogP contribution in [0.3, 0.4) is 0 Å². The third-order valence-electron chi connectivity index (χ3n) is 4.77. The van der Waals surface area contributed by atoms with Gasteiger partial charge in [0.15, 0.2) is 0 Å². The minimum atomic E-state index is -0.637. The zero-order valence-electron chi connectivity index (χ0n) is 18.7. The number of phenolic OH excluding ortho intramolecular Hbond substituents is 1. The van der Waals surface area contributed by atoms with Crippen molar-refractivity contribution in [1.82, 2.24) is 10.6 Å². The number of para-hydroxylation sites is 1. The first-order chi connectivity index (χ1) is 16.5. The number of aliphatic hydroxyl groups excluding tert-OH is 1. The molecule has 0 aliphatic heterocycles. The van der Waals surface area contributed by atoms with Crippen LogP contribution in [0.5, 0.6) is 17.2 Å². The van der Waals surface area contributed by atoms with Crippen molar-refractivity contribution in [3.05, 3.63) is 95.2 Å². The highest BCUT2D eigenvalue weighted by atomic mass is 16.5. The average Bonchev–Trinajstić information content (AvgIpc) is 2.86. The largest absolute Gasteiger partial charge is 0.507 e. The van der Waals surface area contributed by atoms with Gasteiger partial charge in [0.1, 0.15) is 29.6 Å². The van der Waals surface area contributed by atoms with E-state index >= 15 is 0 Å². The third kappa shape index (κ3) is 6.85. The van der Waals surface area contributed by atoms with Gasteiger partial charge in [-0.25, -0.2) is 0 Å². The fourth-order valence-electron chi connectivity index (χ4n) is 3.03. The second-order valence-corrected chi connectivity index (χ2v) is 7.22. The van der Waals surface area contributed by atoms with Crippen molar-refractivity contribution >= 4 is 17.9 Å². The molecule has 3 rings (SSSR count). The summed E-state index contributed by atoms with van der Waals surface area (Å²) >= 11 is 0. The average molecular weight is 463 g/mol. The van der Waals surface area contributed by atoms with Crippen molar-refractivity contribution in [2.45, 2.75) is 6.61 Å². The predicted octanol–water partition coefficient (Wildman–Crippen LogP) is 2.86. The number of benzene rings is 3. The van der Waals surface area contributed by atoms with E-state index in [-0.39, 0.29) is 30.2 Å². The Bertz CT molecular complexity index is 1160. The molecule has 176 valence electrons. The molecule has 2 amide bonds. The fourth-order valence-corrected chi connectivity index (χ4v) is 3.03. The molecule has 3 aromatic carbocycles. The zero-order valence-corrected chi connectivity index (χ0v) is 18.7. The van der Waals surface area contributed by atoms with Crippen molar-refractivity contribution < 1.29 is 29.3 Å². The lowest BCUT2D eigenvalue weighted by molar-refractivity contribution is -0.117. The van der Waals surface area contributed by atoms with Crippen LogP contribution in [0.25, 0.3) is 6.08 Å². The normalized spacial score (nSPS) is 10.9. The smallest absolute Gasteiger partial charge is 0.267 e. The summed E-state index contributed by atoms with van der Waals surface area (Å²) in [5.41, 5.74) is 1.59. The maximum Gasteiger partial charge on any atom is 0.267 e. The van der Waals surface area contributed by atoms with Crippen molar-refractivity contribution in [3.8, 4) is 17.2 Å². The number of hydrogen-bond acceptors (Lipinski definition) is 6. The van der Waals surface area contributed by atoms with E-state index in [1.807, 2.05) is 24.3 Å². The Morgan fingerprint density at radius 1 is 0.971 bits per heavy atom. The van der Waals surface area contributed by atoms with Gasteiger partial charge in [0, 0.05) is 6.54 Å². The van der Waals surface area contributed by atoms with Gasteiger partial charge in [0.05, 0.1) is 19.3 Å². The zero-order chi connectivity index (χ0) is 24.3. The first-order valence-corrected chi connectivity index (χ1v) is 10.6. The van der Waals surface area contributed by atoms with Crippen molar-refractivity contribution in [2.75, 3.05) is 20.3 Å². The highest BCUT2D eigenvalue weighted by molar-refractivity contribution is 6.06. The van der Waals surface area contributed by atoms with E-state index in [0.717, 1.165) is 11.3 Å². The van der Waals surface area contributed by atoms with E-state index in [1.54, 1.807) is 43.5 Å². The van der Waals surface area contributed by atoms with E-state index in [0.29, 0.717) is 17.9 Å². The first kappa shape index (κ1) is 24.3. The number of hydrogen-bond donors (Lipinski definition) is 4. The molecule has 4 N–H and O–H groups in total. The number of phenols is 1. The Morgan fingerprint density at radius 3 is 2.44 bits per heavy atom. The van der Waals surface area contributed by atoms with Gasteiger partial charge in [-0.15, -0.1) is 0 Å². The second-order valence-electron chi connectivity index (χ2n) is 7.22. The Kier molecular flexibility index (Phi) is 8.65. The Morgan fingerprint density at radius 2 is 1.74 bits per heavy atom. The molecular weight excluding hydrogens is 436 g/mol. The van der Waals surface area contributed by atoms with Crippen LogP contribution < -0.4 is 20.1 Å². The molecule has 34 heavy (non-hydrogen) atoms. The number of amides is 2. The molecule has 0 heterocycles. The van der Waals surface area contributed by atoms with Crippen molar-refractivity contribution in [3.63, 3.8) is 0 Å². The molecule has 0 bridgehead atoms. The molecule has 8 nitrogen and oxygen atoms in total. The second kappa shape index (κ2) is 12.1. The van der Waals surface area contributed by atoms with Gasteiger partial charge in [-0.3, -0.25) is 9.59 Å². The molecule has 0 aromatic heterocycles. The van der Waals surface area contributed by atoms with Gasteiger partial charge in [-0.2, -0.15) is 0 Å². The summed E-state index contributed by atoms with van der Waals surface area (Å²) in [5.74, 6) is -0.0329. The Hall–Kier alpha value is -4.30. The predicted molar refractivity (Wildman–Crippen MR) is 127 cm³/mol. The lowest BCUT2D eigenvalue weighted by Gasteiger charge is -2.12. The van der Waals surface area contributed by atoms with Crippen LogP contribution in [-0.2, 0) is 11.4 Å². The lowest BCUT2D eigenvalue weighted by Crippen LogP contribution is -2.36. The summed E-state index contributed by atoms with van der Waals surface area (Å²) in [6, 6.07) is 20.6. The van der Waals surface area contributed by atoms with Crippen LogP contribution >= 0.6 is 0 Å². The quantitative estimate of drug-likeness (QED) is 0.344. The van der Waals surface area contributed by atoms with E-state index in [9.17, 15) is 14.7 Å². The molecular formula is C26H26N2O6. The number of methoxy groups -OCH3 is 1. The van der Waals surface area contributed by atoms with Crippen LogP contribution in [-0.4, -0.2) is 42.3 Å². The van der Waals surface area contributed by atoms with Gasteiger partial charge in [0.2, 0.25) is 0 Å². The van der Waals surface area contributed by atoms with Gasteiger partial charge < -0.3 is 30.3 Å². The van der Waals surface area contributed by atoms with E-state index in [2.05, 4.69) is 10.6 Å². The number of aliphatic hydroxyl groups is 1. The molecule has 0 spiro atoms. The van der Waals surface area contributed by atoms with Crippen LogP contribution in [0.4, 0.5) is 0 Å². The SMILES string of the molecule is COc1cccc(COc2ccc(C=C(NC(=O)c3ccccc3O)C(=O)NCCO)cc2)c1. The monoisotopic (exact) mass is 462 g/mol. The minimum Gasteiger partial charge on any atom is -0.507 e. The van der Waals surface area contributed by atoms with Crippen molar-refractivity contribution in [2.24, 2.45) is 0 Å². The molecule has 8 heteroatoms. The molecule has 0 saturated heterocycles. The first-order valence-electron chi connectivity index (χ1n) is 10.6. The number of carbonyl (C=O) groups is 2. The van der Waals surface area contributed by atoms with Crippen LogP contribution in [0.15, 0.2) is 78.5 Å². The Balaban J connectivity index is 1.73.